The van der Waals surface area contributed by atoms with E-state index >= 15 is 0 Å². The molecule has 4 nitrogen and oxygen atoms in total. The maximum absolute atomic E-state index is 12.1. The molecule has 0 saturated carbocycles. The van der Waals surface area contributed by atoms with Gasteiger partial charge in [0.1, 0.15) is 0 Å². The van der Waals surface area contributed by atoms with Crippen LogP contribution in [0.1, 0.15) is 33.6 Å². The van der Waals surface area contributed by atoms with Crippen LogP contribution >= 0.6 is 12.2 Å². The van der Waals surface area contributed by atoms with Crippen molar-refractivity contribution in [2.24, 2.45) is 11.1 Å². The molecule has 0 radical (unpaired) electrons. The quantitative estimate of drug-likeness (QED) is 0.663. The Balaban J connectivity index is 4.69. The Morgan fingerprint density at radius 2 is 2.00 bits per heavy atom. The fourth-order valence-electron chi connectivity index (χ4n) is 1.69. The molecule has 5 heteroatoms. The standard InChI is InChI=1S/C11H22N2O2S/c1-5-11(6-2,9(12)16)10(14)13-8(3)7-15-4/h8H,5-7H2,1-4H3,(H2,12,16)(H,13,14). The van der Waals surface area contributed by atoms with E-state index < -0.39 is 5.41 Å². The zero-order valence-corrected chi connectivity index (χ0v) is 11.3. The summed E-state index contributed by atoms with van der Waals surface area (Å²) in [4.78, 5) is 12.4. The predicted molar refractivity (Wildman–Crippen MR) is 69.3 cm³/mol. The van der Waals surface area contributed by atoms with Gasteiger partial charge < -0.3 is 15.8 Å². The summed E-state index contributed by atoms with van der Waals surface area (Å²) in [6, 6.07) is -0.0377. The minimum atomic E-state index is -0.725. The molecule has 0 fully saturated rings. The molecule has 0 heterocycles. The number of hydrogen-bond donors (Lipinski definition) is 2. The molecule has 1 atom stereocenters. The highest BCUT2D eigenvalue weighted by atomic mass is 32.1. The average molecular weight is 246 g/mol. The number of methoxy groups -OCH3 is 1. The second-order valence-electron chi connectivity index (χ2n) is 3.98. The van der Waals surface area contributed by atoms with Crippen molar-refractivity contribution in [3.8, 4) is 0 Å². The third kappa shape index (κ3) is 3.42. The van der Waals surface area contributed by atoms with Crippen LogP contribution in [0.4, 0.5) is 0 Å². The van der Waals surface area contributed by atoms with Gasteiger partial charge in [0.15, 0.2) is 0 Å². The predicted octanol–water partition coefficient (Wildman–Crippen LogP) is 1.23. The molecule has 0 aromatic carbocycles. The van der Waals surface area contributed by atoms with Crippen LogP contribution in [-0.2, 0) is 9.53 Å². The number of thiocarbonyl (C=S) groups is 1. The molecule has 1 amide bonds. The van der Waals surface area contributed by atoms with Crippen LogP contribution in [0, 0.1) is 5.41 Å². The highest BCUT2D eigenvalue weighted by Gasteiger charge is 2.38. The second-order valence-corrected chi connectivity index (χ2v) is 4.42. The fourth-order valence-corrected chi connectivity index (χ4v) is 2.07. The normalized spacial score (nSPS) is 13.2. The van der Waals surface area contributed by atoms with Gasteiger partial charge in [0.25, 0.3) is 0 Å². The minimum absolute atomic E-state index is 0.0377. The molecule has 94 valence electrons. The summed E-state index contributed by atoms with van der Waals surface area (Å²) in [5, 5.41) is 2.87. The Morgan fingerprint density at radius 3 is 2.31 bits per heavy atom. The van der Waals surface area contributed by atoms with E-state index in [0.717, 1.165) is 0 Å². The number of rotatable bonds is 7. The van der Waals surface area contributed by atoms with Crippen LogP contribution in [0.25, 0.3) is 0 Å². The van der Waals surface area contributed by atoms with Crippen LogP contribution in [0.2, 0.25) is 0 Å². The molecule has 0 aliphatic heterocycles. The SMILES string of the molecule is CCC(CC)(C(=O)NC(C)COC)C(N)=S. The number of carbonyl (C=O) groups is 1. The highest BCUT2D eigenvalue weighted by molar-refractivity contribution is 7.80. The lowest BCUT2D eigenvalue weighted by Crippen LogP contribution is -2.51. The molecule has 0 aromatic heterocycles. The molecule has 0 saturated heterocycles. The summed E-state index contributed by atoms with van der Waals surface area (Å²) >= 11 is 5.01. The first-order chi connectivity index (χ1) is 7.44. The summed E-state index contributed by atoms with van der Waals surface area (Å²) in [7, 11) is 1.60. The second kappa shape index (κ2) is 6.81. The van der Waals surface area contributed by atoms with Gasteiger partial charge in [0.2, 0.25) is 5.91 Å². The molecular weight excluding hydrogens is 224 g/mol. The Kier molecular flexibility index (Phi) is 6.52. The molecule has 1 unspecified atom stereocenters. The van der Waals surface area contributed by atoms with Gasteiger partial charge in [-0.05, 0) is 19.8 Å². The van der Waals surface area contributed by atoms with Gasteiger partial charge in [-0.1, -0.05) is 26.1 Å². The Hall–Kier alpha value is -0.680. The largest absolute Gasteiger partial charge is 0.392 e. The number of hydrogen-bond acceptors (Lipinski definition) is 3. The fraction of sp³-hybridized carbons (Fsp3) is 0.818. The summed E-state index contributed by atoms with van der Waals surface area (Å²) < 4.78 is 4.97. The highest BCUT2D eigenvalue weighted by Crippen LogP contribution is 2.27. The van der Waals surface area contributed by atoms with Crippen molar-refractivity contribution in [2.75, 3.05) is 13.7 Å². The third-order valence-corrected chi connectivity index (χ3v) is 3.30. The zero-order valence-electron chi connectivity index (χ0n) is 10.5. The summed E-state index contributed by atoms with van der Waals surface area (Å²) in [6.07, 6.45) is 1.23. The van der Waals surface area contributed by atoms with E-state index in [9.17, 15) is 4.79 Å². The lowest BCUT2D eigenvalue weighted by atomic mass is 9.81. The number of carbonyl (C=O) groups excluding carboxylic acids is 1. The van der Waals surface area contributed by atoms with Crippen molar-refractivity contribution >= 4 is 23.1 Å². The molecule has 0 bridgehead atoms. The number of nitrogens with one attached hydrogen (secondary N) is 1. The maximum Gasteiger partial charge on any atom is 0.233 e. The smallest absolute Gasteiger partial charge is 0.233 e. The summed E-state index contributed by atoms with van der Waals surface area (Å²) in [5.41, 5.74) is 4.96. The van der Waals surface area contributed by atoms with E-state index in [1.54, 1.807) is 7.11 Å². The van der Waals surface area contributed by atoms with Crippen LogP contribution < -0.4 is 11.1 Å². The van der Waals surface area contributed by atoms with Gasteiger partial charge in [0, 0.05) is 13.2 Å². The molecular formula is C11H22N2O2S. The topological polar surface area (TPSA) is 64.3 Å². The molecule has 0 rings (SSSR count). The Morgan fingerprint density at radius 1 is 1.50 bits per heavy atom. The van der Waals surface area contributed by atoms with Crippen molar-refractivity contribution in [1.82, 2.24) is 5.32 Å². The van der Waals surface area contributed by atoms with E-state index in [4.69, 9.17) is 22.7 Å². The van der Waals surface area contributed by atoms with E-state index in [1.165, 1.54) is 0 Å². The van der Waals surface area contributed by atoms with Gasteiger partial charge in [0.05, 0.1) is 17.0 Å². The van der Waals surface area contributed by atoms with Crippen molar-refractivity contribution in [2.45, 2.75) is 39.7 Å². The van der Waals surface area contributed by atoms with Crippen molar-refractivity contribution in [3.63, 3.8) is 0 Å². The first-order valence-corrected chi connectivity index (χ1v) is 5.95. The molecule has 16 heavy (non-hydrogen) atoms. The monoisotopic (exact) mass is 246 g/mol. The van der Waals surface area contributed by atoms with E-state index in [-0.39, 0.29) is 16.9 Å². The molecule has 0 aliphatic carbocycles. The number of amides is 1. The van der Waals surface area contributed by atoms with Gasteiger partial charge in [-0.3, -0.25) is 4.79 Å². The van der Waals surface area contributed by atoms with Crippen molar-refractivity contribution in [1.29, 1.82) is 0 Å². The average Bonchev–Trinajstić information content (AvgIpc) is 2.19. The Bertz CT molecular complexity index is 252. The lowest BCUT2D eigenvalue weighted by Gasteiger charge is -2.30. The van der Waals surface area contributed by atoms with Crippen molar-refractivity contribution in [3.05, 3.63) is 0 Å². The lowest BCUT2D eigenvalue weighted by molar-refractivity contribution is -0.128. The minimum Gasteiger partial charge on any atom is -0.392 e. The molecule has 0 aromatic rings. The number of nitrogens with two attached hydrogens (primary N) is 1. The van der Waals surface area contributed by atoms with Crippen molar-refractivity contribution < 1.29 is 9.53 Å². The molecule has 3 N–H and O–H groups in total. The van der Waals surface area contributed by atoms with Gasteiger partial charge >= 0.3 is 0 Å². The van der Waals surface area contributed by atoms with E-state index in [0.29, 0.717) is 19.4 Å². The Labute approximate surface area is 103 Å². The van der Waals surface area contributed by atoms with E-state index in [1.807, 2.05) is 20.8 Å². The third-order valence-electron chi connectivity index (χ3n) is 2.91. The summed E-state index contributed by atoms with van der Waals surface area (Å²) in [5.74, 6) is -0.102. The number of ether oxygens (including phenoxy) is 1. The van der Waals surface area contributed by atoms with Gasteiger partial charge in [-0.25, -0.2) is 0 Å². The zero-order chi connectivity index (χ0) is 12.8. The van der Waals surface area contributed by atoms with Gasteiger partial charge in [-0.2, -0.15) is 0 Å². The first-order valence-electron chi connectivity index (χ1n) is 5.54. The van der Waals surface area contributed by atoms with Crippen LogP contribution in [0.15, 0.2) is 0 Å². The van der Waals surface area contributed by atoms with Gasteiger partial charge in [-0.15, -0.1) is 0 Å². The molecule has 0 spiro atoms. The first kappa shape index (κ1) is 15.3. The van der Waals surface area contributed by atoms with Crippen LogP contribution in [0.5, 0.6) is 0 Å². The maximum atomic E-state index is 12.1. The summed E-state index contributed by atoms with van der Waals surface area (Å²) in [6.45, 7) is 6.20. The van der Waals surface area contributed by atoms with E-state index in [2.05, 4.69) is 5.32 Å². The van der Waals surface area contributed by atoms with Crippen LogP contribution in [0.3, 0.4) is 0 Å². The molecule has 0 aliphatic rings. The van der Waals surface area contributed by atoms with Crippen LogP contribution in [-0.4, -0.2) is 30.7 Å².